The summed E-state index contributed by atoms with van der Waals surface area (Å²) in [6.45, 7) is -2.01. The van der Waals surface area contributed by atoms with Gasteiger partial charge in [0.2, 0.25) is 12.7 Å². The number of ether oxygens (including phenoxy) is 3. The van der Waals surface area contributed by atoms with E-state index in [4.69, 9.17) is 15.2 Å². The highest BCUT2D eigenvalue weighted by Crippen LogP contribution is 2.45. The Morgan fingerprint density at radius 1 is 1.27 bits per heavy atom. The molecule has 9 nitrogen and oxygen atoms in total. The Labute approximate surface area is 185 Å². The Balaban J connectivity index is 1.69. The van der Waals surface area contributed by atoms with Crippen LogP contribution in [-0.2, 0) is 15.0 Å². The smallest absolute Gasteiger partial charge is 0.283 e. The largest absolute Gasteiger partial charge is 0.462 e. The number of halogens is 4. The highest BCUT2D eigenvalue weighted by atomic mass is 19.2. The number of amidine groups is 1. The van der Waals surface area contributed by atoms with Crippen LogP contribution in [0.2, 0.25) is 0 Å². The molecule has 1 fully saturated rings. The molecule has 1 saturated heterocycles. The SMILES string of the molecule is NC1=N[C@](CF)(c2cc(NC(=O)c3cnc(OCF)cn3)cc(F)c2F)[C@H]2COCC[C@H]2O1. The van der Waals surface area contributed by atoms with Crippen molar-refractivity contribution in [3.8, 4) is 5.88 Å². The molecule has 2 aromatic rings. The molecule has 3 heterocycles. The van der Waals surface area contributed by atoms with Gasteiger partial charge in [-0.05, 0) is 6.07 Å². The van der Waals surface area contributed by atoms with Crippen LogP contribution < -0.4 is 15.8 Å². The van der Waals surface area contributed by atoms with E-state index < -0.39 is 54.2 Å². The molecule has 0 spiro atoms. The first kappa shape index (κ1) is 22.7. The van der Waals surface area contributed by atoms with E-state index in [0.717, 1.165) is 24.5 Å². The molecule has 1 amide bonds. The van der Waals surface area contributed by atoms with Crippen molar-refractivity contribution in [3.63, 3.8) is 0 Å². The number of carbonyl (C=O) groups excluding carboxylic acids is 1. The molecule has 1 aromatic heterocycles. The van der Waals surface area contributed by atoms with E-state index in [2.05, 4.69) is 25.0 Å². The van der Waals surface area contributed by atoms with E-state index in [0.29, 0.717) is 13.0 Å². The number of nitrogens with one attached hydrogen (secondary N) is 1. The number of alkyl halides is 2. The molecular formula is C20H19F4N5O4. The summed E-state index contributed by atoms with van der Waals surface area (Å²) < 4.78 is 71.6. The molecule has 0 radical (unpaired) electrons. The number of anilines is 1. The molecule has 0 bridgehead atoms. The zero-order valence-corrected chi connectivity index (χ0v) is 17.1. The fourth-order valence-corrected chi connectivity index (χ4v) is 3.96. The van der Waals surface area contributed by atoms with Gasteiger partial charge in [-0.2, -0.15) is 0 Å². The number of aliphatic imine (C=N–C) groups is 1. The lowest BCUT2D eigenvalue weighted by Gasteiger charge is -2.45. The van der Waals surface area contributed by atoms with Gasteiger partial charge in [0.25, 0.3) is 11.9 Å². The van der Waals surface area contributed by atoms with Gasteiger partial charge in [0.05, 0.1) is 31.5 Å². The number of fused-ring (bicyclic) bond motifs is 1. The average molecular weight is 469 g/mol. The number of benzene rings is 1. The first-order valence-electron chi connectivity index (χ1n) is 9.85. The minimum Gasteiger partial charge on any atom is -0.462 e. The lowest BCUT2D eigenvalue weighted by Crippen LogP contribution is -2.54. The van der Waals surface area contributed by atoms with Crippen molar-refractivity contribution in [2.75, 3.05) is 32.1 Å². The third-order valence-corrected chi connectivity index (χ3v) is 5.51. The van der Waals surface area contributed by atoms with Gasteiger partial charge in [0.15, 0.2) is 11.6 Å². The standard InChI is InChI=1S/C20H19F4N5O4/c21-8-20(12-7-31-2-1-15(12)33-19(25)29-20)11-3-10(4-13(23)17(11)24)28-18(30)14-5-27-16(6-26-14)32-9-22/h3-6,12,15H,1-2,7-9H2,(H2,25,29)(H,28,30)/t12-,15+,20+/m0/s1. The summed E-state index contributed by atoms with van der Waals surface area (Å²) in [4.78, 5) is 24.0. The Morgan fingerprint density at radius 2 is 2.09 bits per heavy atom. The maximum atomic E-state index is 14.9. The number of nitrogens with two attached hydrogens (primary N) is 1. The quantitative estimate of drug-likeness (QED) is 0.623. The highest BCUT2D eigenvalue weighted by molar-refractivity contribution is 6.02. The zero-order valence-electron chi connectivity index (χ0n) is 17.1. The van der Waals surface area contributed by atoms with Gasteiger partial charge in [-0.15, -0.1) is 0 Å². The number of hydrogen-bond acceptors (Lipinski definition) is 8. The van der Waals surface area contributed by atoms with E-state index in [1.54, 1.807) is 0 Å². The van der Waals surface area contributed by atoms with Gasteiger partial charge in [0, 0.05) is 23.7 Å². The number of hydrogen-bond donors (Lipinski definition) is 2. The number of aromatic nitrogens is 2. The monoisotopic (exact) mass is 469 g/mol. The second-order valence-electron chi connectivity index (χ2n) is 7.40. The minimum absolute atomic E-state index is 0.00803. The molecule has 4 rings (SSSR count). The Bertz CT molecular complexity index is 1070. The summed E-state index contributed by atoms with van der Waals surface area (Å²) in [5, 5.41) is 2.35. The predicted octanol–water partition coefficient (Wildman–Crippen LogP) is 2.23. The van der Waals surface area contributed by atoms with Gasteiger partial charge in [-0.1, -0.05) is 0 Å². The van der Waals surface area contributed by atoms with Crippen LogP contribution in [0.25, 0.3) is 0 Å². The average Bonchev–Trinajstić information content (AvgIpc) is 2.81. The van der Waals surface area contributed by atoms with Crippen molar-refractivity contribution >= 4 is 17.6 Å². The first-order chi connectivity index (χ1) is 15.9. The van der Waals surface area contributed by atoms with Crippen molar-refractivity contribution in [3.05, 3.63) is 47.4 Å². The van der Waals surface area contributed by atoms with Crippen LogP contribution >= 0.6 is 0 Å². The lowest BCUT2D eigenvalue weighted by molar-refractivity contribution is -0.0786. The van der Waals surface area contributed by atoms with Gasteiger partial charge in [-0.3, -0.25) is 4.79 Å². The van der Waals surface area contributed by atoms with Crippen molar-refractivity contribution in [1.82, 2.24) is 9.97 Å². The summed E-state index contributed by atoms with van der Waals surface area (Å²) in [6, 6.07) is 1.46. The number of carbonyl (C=O) groups is 1. The van der Waals surface area contributed by atoms with Gasteiger partial charge in [-0.25, -0.2) is 32.5 Å². The normalized spacial score (nSPS) is 24.3. The Kier molecular flexibility index (Phi) is 6.31. The topological polar surface area (TPSA) is 121 Å². The van der Waals surface area contributed by atoms with Crippen LogP contribution in [-0.4, -0.2) is 54.7 Å². The van der Waals surface area contributed by atoms with Crippen molar-refractivity contribution in [1.29, 1.82) is 0 Å². The third kappa shape index (κ3) is 4.27. The molecule has 33 heavy (non-hydrogen) atoms. The first-order valence-corrected chi connectivity index (χ1v) is 9.85. The minimum atomic E-state index is -1.91. The molecule has 0 aliphatic carbocycles. The van der Waals surface area contributed by atoms with Gasteiger partial charge < -0.3 is 25.3 Å². The molecule has 3 N–H and O–H groups in total. The van der Waals surface area contributed by atoms with E-state index >= 15 is 0 Å². The number of nitrogens with zero attached hydrogens (tertiary/aromatic N) is 3. The van der Waals surface area contributed by atoms with Crippen LogP contribution in [0.15, 0.2) is 29.5 Å². The highest BCUT2D eigenvalue weighted by Gasteiger charge is 2.52. The fourth-order valence-electron chi connectivity index (χ4n) is 3.96. The summed E-state index contributed by atoms with van der Waals surface area (Å²) in [5.41, 5.74) is 2.99. The number of amides is 1. The lowest BCUT2D eigenvalue weighted by atomic mass is 9.74. The molecule has 0 unspecified atom stereocenters. The zero-order chi connectivity index (χ0) is 23.6. The molecule has 2 aliphatic rings. The molecule has 176 valence electrons. The summed E-state index contributed by atoms with van der Waals surface area (Å²) in [7, 11) is 0. The van der Waals surface area contributed by atoms with Crippen LogP contribution in [0.5, 0.6) is 5.88 Å². The Morgan fingerprint density at radius 3 is 2.79 bits per heavy atom. The second kappa shape index (κ2) is 9.17. The second-order valence-corrected chi connectivity index (χ2v) is 7.40. The molecule has 1 aromatic carbocycles. The van der Waals surface area contributed by atoms with Crippen LogP contribution in [0.4, 0.5) is 23.2 Å². The van der Waals surface area contributed by atoms with E-state index in [1.165, 1.54) is 0 Å². The van der Waals surface area contributed by atoms with Crippen LogP contribution in [0, 0.1) is 17.6 Å². The van der Waals surface area contributed by atoms with Crippen molar-refractivity contribution in [2.45, 2.75) is 18.1 Å². The van der Waals surface area contributed by atoms with Crippen LogP contribution in [0.3, 0.4) is 0 Å². The van der Waals surface area contributed by atoms with Crippen LogP contribution in [0.1, 0.15) is 22.5 Å². The summed E-state index contributed by atoms with van der Waals surface area (Å²) >= 11 is 0. The van der Waals surface area contributed by atoms with Gasteiger partial charge >= 0.3 is 0 Å². The molecule has 3 atom stereocenters. The van der Waals surface area contributed by atoms with Gasteiger partial charge in [0.1, 0.15) is 24.0 Å². The van der Waals surface area contributed by atoms with E-state index in [9.17, 15) is 22.4 Å². The third-order valence-electron chi connectivity index (χ3n) is 5.51. The summed E-state index contributed by atoms with van der Waals surface area (Å²) in [5.74, 6) is -4.41. The summed E-state index contributed by atoms with van der Waals surface area (Å²) in [6.07, 6.45) is 1.79. The predicted molar refractivity (Wildman–Crippen MR) is 106 cm³/mol. The fraction of sp³-hybridized carbons (Fsp3) is 0.400. The molecule has 13 heteroatoms. The van der Waals surface area contributed by atoms with E-state index in [1.807, 2.05) is 0 Å². The molecule has 2 aliphatic heterocycles. The van der Waals surface area contributed by atoms with Crippen molar-refractivity contribution in [2.24, 2.45) is 16.6 Å². The maximum absolute atomic E-state index is 14.9. The number of rotatable bonds is 6. The van der Waals surface area contributed by atoms with Crippen molar-refractivity contribution < 1.29 is 36.6 Å². The maximum Gasteiger partial charge on any atom is 0.283 e. The molecule has 0 saturated carbocycles. The molecular weight excluding hydrogens is 450 g/mol. The Hall–Kier alpha value is -3.48. The van der Waals surface area contributed by atoms with E-state index in [-0.39, 0.29) is 29.9 Å².